The quantitative estimate of drug-likeness (QED) is 0.618. The molecule has 1 heteroatoms. The van der Waals surface area contributed by atoms with E-state index < -0.39 is 0 Å². The predicted octanol–water partition coefficient (Wildman–Crippen LogP) is 5.34. The summed E-state index contributed by atoms with van der Waals surface area (Å²) in [6, 6.07) is 21.5. The lowest BCUT2D eigenvalue weighted by atomic mass is 9.86. The highest BCUT2D eigenvalue weighted by Gasteiger charge is 2.14. The second kappa shape index (κ2) is 5.34. The van der Waals surface area contributed by atoms with Crippen molar-refractivity contribution in [2.24, 2.45) is 0 Å². The van der Waals surface area contributed by atoms with E-state index in [1.165, 1.54) is 33.0 Å². The van der Waals surface area contributed by atoms with Gasteiger partial charge in [-0.15, -0.1) is 0 Å². The number of methoxy groups -OCH3 is 1. The number of benzene rings is 3. The molecule has 0 amide bonds. The molecule has 22 heavy (non-hydrogen) atoms. The highest BCUT2D eigenvalue weighted by atomic mass is 16.5. The van der Waals surface area contributed by atoms with Gasteiger partial charge in [0.25, 0.3) is 0 Å². The number of rotatable bonds is 2. The molecule has 0 bridgehead atoms. The van der Waals surface area contributed by atoms with Gasteiger partial charge in [-0.3, -0.25) is 0 Å². The molecule has 3 aromatic carbocycles. The Kier molecular flexibility index (Phi) is 3.19. The lowest BCUT2D eigenvalue weighted by Crippen LogP contribution is -2.00. The topological polar surface area (TPSA) is 9.23 Å². The average molecular weight is 286 g/mol. The molecule has 4 rings (SSSR count). The SMILES string of the molecule is COc1ccc(C2=Cc3c(ccc4ccccc34)CC2)cc1. The van der Waals surface area contributed by atoms with Crippen LogP contribution in [0.2, 0.25) is 0 Å². The fourth-order valence-corrected chi connectivity index (χ4v) is 3.28. The molecule has 0 N–H and O–H groups in total. The van der Waals surface area contributed by atoms with Gasteiger partial charge in [0, 0.05) is 0 Å². The van der Waals surface area contributed by atoms with Crippen molar-refractivity contribution >= 4 is 22.4 Å². The number of hydrogen-bond acceptors (Lipinski definition) is 1. The second-order valence-corrected chi connectivity index (χ2v) is 5.76. The van der Waals surface area contributed by atoms with Crippen molar-refractivity contribution in [3.8, 4) is 5.75 Å². The van der Waals surface area contributed by atoms with Gasteiger partial charge in [0.15, 0.2) is 0 Å². The zero-order valence-electron chi connectivity index (χ0n) is 12.7. The normalized spacial score (nSPS) is 13.6. The monoisotopic (exact) mass is 286 g/mol. The van der Waals surface area contributed by atoms with Gasteiger partial charge in [-0.05, 0) is 58.0 Å². The van der Waals surface area contributed by atoms with Crippen LogP contribution in [-0.4, -0.2) is 7.11 Å². The molecule has 0 spiro atoms. The molecule has 0 atom stereocenters. The third kappa shape index (κ3) is 2.19. The maximum Gasteiger partial charge on any atom is 0.118 e. The van der Waals surface area contributed by atoms with Gasteiger partial charge in [-0.2, -0.15) is 0 Å². The Hall–Kier alpha value is -2.54. The predicted molar refractivity (Wildman–Crippen MR) is 93.1 cm³/mol. The molecule has 0 fully saturated rings. The van der Waals surface area contributed by atoms with E-state index in [0.717, 1.165) is 18.6 Å². The van der Waals surface area contributed by atoms with Crippen LogP contribution in [0.4, 0.5) is 0 Å². The minimum absolute atomic E-state index is 0.908. The standard InChI is InChI=1S/C21H18O/c1-22-19-12-10-15(11-13-19)18-9-8-17-7-6-16-4-2-3-5-20(16)21(17)14-18/h2-7,10-14H,8-9H2,1H3. The largest absolute Gasteiger partial charge is 0.497 e. The Morgan fingerprint density at radius 3 is 2.45 bits per heavy atom. The van der Waals surface area contributed by atoms with Gasteiger partial charge < -0.3 is 4.74 Å². The van der Waals surface area contributed by atoms with Crippen molar-refractivity contribution in [2.45, 2.75) is 12.8 Å². The molecule has 3 aromatic rings. The first-order valence-corrected chi connectivity index (χ1v) is 7.71. The second-order valence-electron chi connectivity index (χ2n) is 5.76. The number of hydrogen-bond donors (Lipinski definition) is 0. The van der Waals surface area contributed by atoms with Crippen molar-refractivity contribution < 1.29 is 4.74 Å². The molecule has 0 unspecified atom stereocenters. The molecule has 0 heterocycles. The summed E-state index contributed by atoms with van der Waals surface area (Å²) in [5.74, 6) is 0.908. The highest BCUT2D eigenvalue weighted by molar-refractivity contribution is 5.97. The number of fused-ring (bicyclic) bond motifs is 3. The maximum absolute atomic E-state index is 5.25. The minimum atomic E-state index is 0.908. The van der Waals surface area contributed by atoms with Gasteiger partial charge in [0.1, 0.15) is 5.75 Å². The summed E-state index contributed by atoms with van der Waals surface area (Å²) in [4.78, 5) is 0. The van der Waals surface area contributed by atoms with Crippen LogP contribution in [-0.2, 0) is 6.42 Å². The van der Waals surface area contributed by atoms with Crippen LogP contribution in [0.15, 0.2) is 60.7 Å². The number of allylic oxidation sites excluding steroid dienone is 1. The first-order valence-electron chi connectivity index (χ1n) is 7.71. The van der Waals surface area contributed by atoms with Gasteiger partial charge >= 0.3 is 0 Å². The number of aryl methyl sites for hydroxylation is 1. The Balaban J connectivity index is 1.84. The lowest BCUT2D eigenvalue weighted by Gasteiger charge is -2.19. The van der Waals surface area contributed by atoms with E-state index in [4.69, 9.17) is 4.74 Å². The molecule has 0 aromatic heterocycles. The summed E-state index contributed by atoms with van der Waals surface area (Å²) in [5.41, 5.74) is 5.54. The highest BCUT2D eigenvalue weighted by Crippen LogP contribution is 2.34. The molecule has 0 saturated carbocycles. The van der Waals surface area contributed by atoms with Gasteiger partial charge in [0.2, 0.25) is 0 Å². The molecule has 0 aliphatic heterocycles. The average Bonchev–Trinajstić information content (AvgIpc) is 2.61. The van der Waals surface area contributed by atoms with Gasteiger partial charge in [-0.25, -0.2) is 0 Å². The lowest BCUT2D eigenvalue weighted by molar-refractivity contribution is 0.415. The summed E-state index contributed by atoms with van der Waals surface area (Å²) in [6.45, 7) is 0. The van der Waals surface area contributed by atoms with Crippen LogP contribution in [0.1, 0.15) is 23.1 Å². The van der Waals surface area contributed by atoms with Crippen molar-refractivity contribution in [1.29, 1.82) is 0 Å². The first-order chi connectivity index (χ1) is 10.8. The van der Waals surface area contributed by atoms with E-state index in [9.17, 15) is 0 Å². The first kappa shape index (κ1) is 13.1. The van der Waals surface area contributed by atoms with Crippen LogP contribution >= 0.6 is 0 Å². The van der Waals surface area contributed by atoms with Crippen LogP contribution in [0, 0.1) is 0 Å². The third-order valence-electron chi connectivity index (χ3n) is 4.50. The van der Waals surface area contributed by atoms with Gasteiger partial charge in [0.05, 0.1) is 7.11 Å². The third-order valence-corrected chi connectivity index (χ3v) is 4.50. The Morgan fingerprint density at radius 1 is 0.818 bits per heavy atom. The smallest absolute Gasteiger partial charge is 0.118 e. The Labute approximate surface area is 130 Å². The van der Waals surface area contributed by atoms with Gasteiger partial charge in [-0.1, -0.05) is 54.6 Å². The zero-order valence-corrected chi connectivity index (χ0v) is 12.7. The van der Waals surface area contributed by atoms with E-state index >= 15 is 0 Å². The van der Waals surface area contributed by atoms with Crippen molar-refractivity contribution in [3.63, 3.8) is 0 Å². The molecule has 1 nitrogen and oxygen atoms in total. The molecular weight excluding hydrogens is 268 g/mol. The van der Waals surface area contributed by atoms with Crippen LogP contribution < -0.4 is 4.74 Å². The molecule has 0 saturated heterocycles. The fraction of sp³-hybridized carbons (Fsp3) is 0.143. The maximum atomic E-state index is 5.25. The van der Waals surface area contributed by atoms with E-state index in [1.54, 1.807) is 7.11 Å². The fourth-order valence-electron chi connectivity index (χ4n) is 3.28. The summed E-state index contributed by atoms with van der Waals surface area (Å²) in [7, 11) is 1.71. The minimum Gasteiger partial charge on any atom is -0.497 e. The van der Waals surface area contributed by atoms with E-state index in [2.05, 4.69) is 54.6 Å². The Morgan fingerprint density at radius 2 is 1.64 bits per heavy atom. The molecule has 1 aliphatic rings. The summed E-state index contributed by atoms with van der Waals surface area (Å²) in [5, 5.41) is 2.67. The Bertz CT molecular complexity index is 857. The summed E-state index contributed by atoms with van der Waals surface area (Å²) < 4.78 is 5.25. The molecule has 108 valence electrons. The van der Waals surface area contributed by atoms with Crippen LogP contribution in [0.5, 0.6) is 5.75 Å². The number of ether oxygens (including phenoxy) is 1. The molecule has 0 radical (unpaired) electrons. The van der Waals surface area contributed by atoms with E-state index in [-0.39, 0.29) is 0 Å². The van der Waals surface area contributed by atoms with Crippen molar-refractivity contribution in [3.05, 3.63) is 77.4 Å². The van der Waals surface area contributed by atoms with E-state index in [0.29, 0.717) is 0 Å². The van der Waals surface area contributed by atoms with E-state index in [1.807, 2.05) is 12.1 Å². The molecular formula is C21H18O. The summed E-state index contributed by atoms with van der Waals surface area (Å²) >= 11 is 0. The summed E-state index contributed by atoms with van der Waals surface area (Å²) in [6.07, 6.45) is 4.57. The van der Waals surface area contributed by atoms with Crippen LogP contribution in [0.25, 0.3) is 22.4 Å². The van der Waals surface area contributed by atoms with Crippen molar-refractivity contribution in [1.82, 2.24) is 0 Å². The van der Waals surface area contributed by atoms with Crippen LogP contribution in [0.3, 0.4) is 0 Å². The van der Waals surface area contributed by atoms with Crippen molar-refractivity contribution in [2.75, 3.05) is 7.11 Å². The molecule has 1 aliphatic carbocycles. The zero-order chi connectivity index (χ0) is 14.9.